The molecule has 50 heavy (non-hydrogen) atoms. The molecule has 0 radical (unpaired) electrons. The first-order valence-corrected chi connectivity index (χ1v) is 16.2. The standard InChI is InChI=1S/C36H35N5O9/c1-6-50-28-14-19(7-8-26(28)42)31-20-9-12-40-35(46)39(36(47)41(40)24(20)15-21-32(31)27(43)13-18(2)33(21)44)11-10-22-34(45)38(3)25-17-30(49-5)29(48-4)16-23(25)37-22/h7-9,13-14,16-17,24,31,42H,6,10-12,15H2,1-5H3/t24-,31+/m1/s1. The summed E-state index contributed by atoms with van der Waals surface area (Å²) in [6, 6.07) is 7.34. The van der Waals surface area contributed by atoms with Crippen molar-refractivity contribution in [3.63, 3.8) is 0 Å². The van der Waals surface area contributed by atoms with Crippen LogP contribution in [0.3, 0.4) is 0 Å². The summed E-state index contributed by atoms with van der Waals surface area (Å²) < 4.78 is 21.6. The number of aromatic nitrogens is 5. The molecule has 1 aliphatic heterocycles. The van der Waals surface area contributed by atoms with Gasteiger partial charge in [0.25, 0.3) is 5.56 Å². The Morgan fingerprint density at radius 2 is 1.72 bits per heavy atom. The van der Waals surface area contributed by atoms with Gasteiger partial charge >= 0.3 is 11.4 Å². The van der Waals surface area contributed by atoms with E-state index >= 15 is 0 Å². The molecule has 0 bridgehead atoms. The van der Waals surface area contributed by atoms with Crippen LogP contribution in [0, 0.1) is 0 Å². The smallest absolute Gasteiger partial charge is 0.347 e. The lowest BCUT2D eigenvalue weighted by molar-refractivity contribution is -0.116. The van der Waals surface area contributed by atoms with Crippen molar-refractivity contribution in [2.24, 2.45) is 7.05 Å². The van der Waals surface area contributed by atoms with E-state index in [1.165, 1.54) is 40.3 Å². The number of Topliss-reactive ketones (excluding diaryl/α,β-unsaturated/α-hetero) is 1. The van der Waals surface area contributed by atoms with Gasteiger partial charge in [0.15, 0.2) is 34.6 Å². The Morgan fingerprint density at radius 1 is 0.980 bits per heavy atom. The number of allylic oxidation sites excluding steroid dienone is 6. The number of aromatic hydroxyl groups is 1. The fraction of sp³-hybridized carbons (Fsp3) is 0.333. The molecule has 3 aliphatic rings. The second-order valence-corrected chi connectivity index (χ2v) is 12.4. The highest BCUT2D eigenvalue weighted by atomic mass is 16.5. The molecular weight excluding hydrogens is 646 g/mol. The number of carbonyl (C=O) groups is 2. The Balaban J connectivity index is 1.30. The second kappa shape index (κ2) is 12.2. The number of ether oxygens (including phenoxy) is 3. The summed E-state index contributed by atoms with van der Waals surface area (Å²) in [5.41, 5.74) is 1.75. The number of nitrogens with zero attached hydrogens (tertiary/aromatic N) is 5. The highest BCUT2D eigenvalue weighted by molar-refractivity contribution is 6.23. The molecule has 14 nitrogen and oxygen atoms in total. The van der Waals surface area contributed by atoms with Crippen LogP contribution in [0.2, 0.25) is 0 Å². The van der Waals surface area contributed by atoms with E-state index < -0.39 is 23.3 Å². The number of phenolic OH excluding ortho intramolecular Hbond substituents is 1. The first kappa shape index (κ1) is 32.6. The van der Waals surface area contributed by atoms with Crippen molar-refractivity contribution in [3.05, 3.63) is 107 Å². The normalized spacial score (nSPS) is 18.3. The Kier molecular flexibility index (Phi) is 7.96. The van der Waals surface area contributed by atoms with Crippen molar-refractivity contribution in [2.75, 3.05) is 20.8 Å². The Hall–Kier alpha value is -5.92. The fourth-order valence-corrected chi connectivity index (χ4v) is 7.34. The topological polar surface area (TPSA) is 166 Å². The number of carbonyl (C=O) groups excluding carboxylic acids is 2. The second-order valence-electron chi connectivity index (χ2n) is 12.4. The van der Waals surface area contributed by atoms with Crippen LogP contribution >= 0.6 is 0 Å². The maximum Gasteiger partial charge on any atom is 0.347 e. The van der Waals surface area contributed by atoms with Gasteiger partial charge in [-0.1, -0.05) is 12.1 Å². The summed E-state index contributed by atoms with van der Waals surface area (Å²) >= 11 is 0. The zero-order valence-corrected chi connectivity index (χ0v) is 28.2. The predicted molar refractivity (Wildman–Crippen MR) is 181 cm³/mol. The molecule has 2 aliphatic carbocycles. The van der Waals surface area contributed by atoms with Gasteiger partial charge in [-0.3, -0.25) is 14.4 Å². The van der Waals surface area contributed by atoms with Gasteiger partial charge in [-0.05, 0) is 43.2 Å². The Bertz CT molecular complexity index is 2420. The molecule has 3 heterocycles. The molecule has 0 saturated carbocycles. The molecule has 7 rings (SSSR count). The minimum Gasteiger partial charge on any atom is -0.504 e. The summed E-state index contributed by atoms with van der Waals surface area (Å²) in [5, 5.41) is 10.4. The molecule has 1 N–H and O–H groups in total. The molecule has 2 aromatic heterocycles. The number of ketones is 2. The van der Waals surface area contributed by atoms with E-state index in [-0.39, 0.29) is 65.8 Å². The third-order valence-electron chi connectivity index (χ3n) is 9.75. The maximum atomic E-state index is 14.1. The van der Waals surface area contributed by atoms with Crippen LogP contribution in [0.1, 0.15) is 43.5 Å². The Morgan fingerprint density at radius 3 is 2.44 bits per heavy atom. The van der Waals surface area contributed by atoms with Crippen LogP contribution in [0.4, 0.5) is 0 Å². The molecule has 2 aromatic carbocycles. The maximum absolute atomic E-state index is 14.1. The molecule has 0 saturated heterocycles. The zero-order valence-electron chi connectivity index (χ0n) is 28.2. The number of fused-ring (bicyclic) bond motifs is 4. The molecule has 0 unspecified atom stereocenters. The highest BCUT2D eigenvalue weighted by Crippen LogP contribution is 2.50. The van der Waals surface area contributed by atoms with Crippen LogP contribution < -0.4 is 31.1 Å². The van der Waals surface area contributed by atoms with Gasteiger partial charge in [-0.2, -0.15) is 0 Å². The van der Waals surface area contributed by atoms with Crippen molar-refractivity contribution in [1.29, 1.82) is 0 Å². The summed E-state index contributed by atoms with van der Waals surface area (Å²) in [5.74, 6) is -0.317. The summed E-state index contributed by atoms with van der Waals surface area (Å²) in [6.45, 7) is 3.56. The van der Waals surface area contributed by atoms with Gasteiger partial charge in [0.2, 0.25) is 0 Å². The van der Waals surface area contributed by atoms with Gasteiger partial charge < -0.3 is 23.9 Å². The van der Waals surface area contributed by atoms with Crippen LogP contribution in [-0.4, -0.2) is 61.0 Å². The first-order chi connectivity index (χ1) is 24.0. The average molecular weight is 682 g/mol. The number of methoxy groups -OCH3 is 2. The van der Waals surface area contributed by atoms with Gasteiger partial charge in [0, 0.05) is 61.2 Å². The van der Waals surface area contributed by atoms with Crippen molar-refractivity contribution in [3.8, 4) is 23.0 Å². The first-order valence-electron chi connectivity index (χ1n) is 16.2. The summed E-state index contributed by atoms with van der Waals surface area (Å²) in [6.07, 6.45) is 3.18. The molecular formula is C36H35N5O9. The minimum absolute atomic E-state index is 0.0102. The van der Waals surface area contributed by atoms with E-state index in [0.29, 0.717) is 51.4 Å². The molecule has 4 aromatic rings. The van der Waals surface area contributed by atoms with Crippen LogP contribution in [-0.2, 0) is 36.1 Å². The van der Waals surface area contributed by atoms with E-state index in [9.17, 15) is 29.1 Å². The number of aryl methyl sites for hydroxylation is 2. The number of phenols is 1. The van der Waals surface area contributed by atoms with E-state index in [2.05, 4.69) is 4.98 Å². The minimum atomic E-state index is -0.755. The molecule has 14 heteroatoms. The fourth-order valence-electron chi connectivity index (χ4n) is 7.34. The van der Waals surface area contributed by atoms with E-state index in [1.807, 2.05) is 6.08 Å². The van der Waals surface area contributed by atoms with Crippen LogP contribution in [0.25, 0.3) is 11.0 Å². The molecule has 0 fully saturated rings. The quantitative estimate of drug-likeness (QED) is 0.216. The molecule has 0 amide bonds. The lowest BCUT2D eigenvalue weighted by Gasteiger charge is -2.39. The third kappa shape index (κ3) is 4.92. The van der Waals surface area contributed by atoms with Crippen LogP contribution in [0.15, 0.2) is 79.2 Å². The third-order valence-corrected chi connectivity index (χ3v) is 9.75. The monoisotopic (exact) mass is 681 g/mol. The SMILES string of the molecule is CCOc1cc([C@H]2C3=CCn4c(=O)n(CCc5nc6cc(OC)c(OC)cc6n(C)c5=O)c(=O)n4[C@@H]3CC3=C2C(=O)C=C(C)C3=O)ccc1O. The van der Waals surface area contributed by atoms with Crippen molar-refractivity contribution < 1.29 is 28.9 Å². The summed E-state index contributed by atoms with van der Waals surface area (Å²) in [4.78, 5) is 72.9. The molecule has 0 spiro atoms. The van der Waals surface area contributed by atoms with Gasteiger partial charge in [-0.25, -0.2) is 28.5 Å². The molecule has 2 atom stereocenters. The highest BCUT2D eigenvalue weighted by Gasteiger charge is 2.45. The Labute approximate surface area is 284 Å². The van der Waals surface area contributed by atoms with E-state index in [0.717, 1.165) is 4.57 Å². The van der Waals surface area contributed by atoms with Crippen molar-refractivity contribution in [2.45, 2.75) is 51.7 Å². The predicted octanol–water partition coefficient (Wildman–Crippen LogP) is 2.49. The number of hydrogen-bond acceptors (Lipinski definition) is 10. The number of rotatable bonds is 8. The van der Waals surface area contributed by atoms with Crippen LogP contribution in [0.5, 0.6) is 23.0 Å². The van der Waals surface area contributed by atoms with Crippen molar-refractivity contribution >= 4 is 22.6 Å². The number of benzene rings is 2. The summed E-state index contributed by atoms with van der Waals surface area (Å²) in [7, 11) is 4.60. The lowest BCUT2D eigenvalue weighted by atomic mass is 9.68. The van der Waals surface area contributed by atoms with Gasteiger partial charge in [0.1, 0.15) is 5.69 Å². The van der Waals surface area contributed by atoms with E-state index in [1.54, 1.807) is 45.2 Å². The number of hydrogen-bond donors (Lipinski definition) is 1. The van der Waals surface area contributed by atoms with Gasteiger partial charge in [0.05, 0.1) is 44.4 Å². The zero-order chi connectivity index (χ0) is 35.6. The van der Waals surface area contributed by atoms with E-state index in [4.69, 9.17) is 14.2 Å². The lowest BCUT2D eigenvalue weighted by Crippen LogP contribution is -2.40. The van der Waals surface area contributed by atoms with Gasteiger partial charge in [-0.15, -0.1) is 0 Å². The van der Waals surface area contributed by atoms with Crippen molar-refractivity contribution in [1.82, 2.24) is 23.5 Å². The molecule has 258 valence electrons. The average Bonchev–Trinajstić information content (AvgIpc) is 3.36. The largest absolute Gasteiger partial charge is 0.504 e.